The lowest BCUT2D eigenvalue weighted by Gasteiger charge is -2.22. The van der Waals surface area contributed by atoms with Gasteiger partial charge in [0.1, 0.15) is 6.04 Å². The summed E-state index contributed by atoms with van der Waals surface area (Å²) in [6.45, 7) is 5.76. The molecule has 0 fully saturated rings. The molecule has 0 aromatic rings. The summed E-state index contributed by atoms with van der Waals surface area (Å²) in [5, 5.41) is 22.0. The quantitative estimate of drug-likeness (QED) is 0.536. The van der Waals surface area contributed by atoms with E-state index in [1.807, 2.05) is 20.8 Å². The largest absolute Gasteiger partial charge is 0.481 e. The van der Waals surface area contributed by atoms with Crippen molar-refractivity contribution in [1.29, 1.82) is 0 Å². The molecular weight excluding hydrogens is 240 g/mol. The van der Waals surface area contributed by atoms with Gasteiger partial charge in [-0.1, -0.05) is 20.8 Å². The maximum absolute atomic E-state index is 11.5. The van der Waals surface area contributed by atoms with Gasteiger partial charge in [0.2, 0.25) is 0 Å². The number of rotatable bonds is 7. The highest BCUT2D eigenvalue weighted by Gasteiger charge is 2.24. The summed E-state index contributed by atoms with van der Waals surface area (Å²) < 4.78 is 0. The summed E-state index contributed by atoms with van der Waals surface area (Å²) >= 11 is 0. The highest BCUT2D eigenvalue weighted by atomic mass is 16.4. The fraction of sp³-hybridized carbons (Fsp3) is 0.727. The Morgan fingerprint density at radius 2 is 1.67 bits per heavy atom. The first kappa shape index (κ1) is 16.2. The molecule has 0 heterocycles. The van der Waals surface area contributed by atoms with E-state index < -0.39 is 30.4 Å². The van der Waals surface area contributed by atoms with Crippen LogP contribution in [0.3, 0.4) is 0 Å². The highest BCUT2D eigenvalue weighted by Crippen LogP contribution is 2.05. The van der Waals surface area contributed by atoms with Crippen molar-refractivity contribution in [3.05, 3.63) is 0 Å². The number of aliphatic carboxylic acids is 2. The fourth-order valence-corrected chi connectivity index (χ4v) is 1.48. The maximum Gasteiger partial charge on any atom is 0.326 e. The smallest absolute Gasteiger partial charge is 0.326 e. The predicted molar refractivity (Wildman–Crippen MR) is 64.3 cm³/mol. The lowest BCUT2D eigenvalue weighted by molar-refractivity contribution is -0.145. The minimum Gasteiger partial charge on any atom is -0.481 e. The van der Waals surface area contributed by atoms with Crippen molar-refractivity contribution in [2.24, 2.45) is 5.92 Å². The molecule has 1 unspecified atom stereocenters. The molecule has 0 aliphatic rings. The van der Waals surface area contributed by atoms with Crippen LogP contribution in [-0.2, 0) is 9.59 Å². The van der Waals surface area contributed by atoms with E-state index in [9.17, 15) is 14.4 Å². The van der Waals surface area contributed by atoms with Gasteiger partial charge in [0.05, 0.1) is 6.42 Å². The molecule has 0 aromatic carbocycles. The van der Waals surface area contributed by atoms with Crippen molar-refractivity contribution in [1.82, 2.24) is 10.6 Å². The molecule has 7 nitrogen and oxygen atoms in total. The van der Waals surface area contributed by atoms with Gasteiger partial charge in [0.15, 0.2) is 0 Å². The number of urea groups is 1. The van der Waals surface area contributed by atoms with Crippen LogP contribution in [0.1, 0.15) is 33.6 Å². The summed E-state index contributed by atoms with van der Waals surface area (Å²) in [6.07, 6.45) is 0.0585. The predicted octanol–water partition coefficient (Wildman–Crippen LogP) is 0.648. The monoisotopic (exact) mass is 260 g/mol. The number of carboxylic acids is 2. The van der Waals surface area contributed by atoms with Crippen molar-refractivity contribution in [3.63, 3.8) is 0 Å². The van der Waals surface area contributed by atoms with E-state index in [0.29, 0.717) is 6.42 Å². The molecule has 104 valence electrons. The molecular formula is C11H20N2O5. The minimum atomic E-state index is -1.42. The van der Waals surface area contributed by atoms with Gasteiger partial charge in [-0.3, -0.25) is 4.79 Å². The van der Waals surface area contributed by atoms with Gasteiger partial charge in [-0.2, -0.15) is 0 Å². The van der Waals surface area contributed by atoms with Gasteiger partial charge in [-0.25, -0.2) is 9.59 Å². The Morgan fingerprint density at radius 3 is 2.00 bits per heavy atom. The normalized spacial score (nSPS) is 13.8. The van der Waals surface area contributed by atoms with Crippen LogP contribution in [0, 0.1) is 5.92 Å². The van der Waals surface area contributed by atoms with Crippen LogP contribution in [0.5, 0.6) is 0 Å². The number of amides is 2. The maximum atomic E-state index is 11.5. The Bertz CT molecular complexity index is 317. The highest BCUT2D eigenvalue weighted by molar-refractivity contribution is 5.86. The zero-order valence-corrected chi connectivity index (χ0v) is 10.8. The Kier molecular flexibility index (Phi) is 6.77. The summed E-state index contributed by atoms with van der Waals surface area (Å²) in [4.78, 5) is 32.7. The van der Waals surface area contributed by atoms with Crippen LogP contribution in [0.15, 0.2) is 0 Å². The Balaban J connectivity index is 4.42. The van der Waals surface area contributed by atoms with Gasteiger partial charge in [0.25, 0.3) is 0 Å². The van der Waals surface area contributed by atoms with Crippen molar-refractivity contribution >= 4 is 18.0 Å². The van der Waals surface area contributed by atoms with Crippen LogP contribution in [0.4, 0.5) is 4.79 Å². The summed E-state index contributed by atoms with van der Waals surface area (Å²) in [5.41, 5.74) is 0. The third kappa shape index (κ3) is 6.07. The topological polar surface area (TPSA) is 116 Å². The van der Waals surface area contributed by atoms with Crippen LogP contribution in [0.2, 0.25) is 0 Å². The van der Waals surface area contributed by atoms with Gasteiger partial charge in [-0.15, -0.1) is 0 Å². The molecule has 0 bridgehead atoms. The van der Waals surface area contributed by atoms with E-state index in [2.05, 4.69) is 10.6 Å². The van der Waals surface area contributed by atoms with E-state index in [4.69, 9.17) is 10.2 Å². The summed E-state index contributed by atoms with van der Waals surface area (Å²) in [5.74, 6) is -2.44. The van der Waals surface area contributed by atoms with Gasteiger partial charge in [-0.05, 0) is 12.3 Å². The SMILES string of the molecule is CCC(NC(=O)N[C@H](CC(=O)O)C(=O)O)C(C)C. The van der Waals surface area contributed by atoms with E-state index >= 15 is 0 Å². The molecule has 0 spiro atoms. The van der Waals surface area contributed by atoms with Crippen molar-refractivity contribution in [2.45, 2.75) is 45.7 Å². The van der Waals surface area contributed by atoms with Crippen molar-refractivity contribution in [2.75, 3.05) is 0 Å². The molecule has 0 radical (unpaired) electrons. The first-order valence-electron chi connectivity index (χ1n) is 5.79. The second kappa shape index (κ2) is 7.52. The van der Waals surface area contributed by atoms with Gasteiger partial charge < -0.3 is 20.8 Å². The Morgan fingerprint density at radius 1 is 1.11 bits per heavy atom. The third-order valence-corrected chi connectivity index (χ3v) is 2.54. The lowest BCUT2D eigenvalue weighted by atomic mass is 10.0. The number of carboxylic acid groups (broad SMARTS) is 2. The molecule has 0 aromatic heterocycles. The number of carbonyl (C=O) groups is 3. The van der Waals surface area contributed by atoms with Crippen LogP contribution in [-0.4, -0.2) is 40.3 Å². The molecule has 2 amide bonds. The average molecular weight is 260 g/mol. The molecule has 18 heavy (non-hydrogen) atoms. The Hall–Kier alpha value is -1.79. The number of nitrogens with one attached hydrogen (secondary N) is 2. The third-order valence-electron chi connectivity index (χ3n) is 2.54. The molecule has 0 saturated carbocycles. The molecule has 0 aliphatic carbocycles. The van der Waals surface area contributed by atoms with Crippen molar-refractivity contribution in [3.8, 4) is 0 Å². The molecule has 0 aliphatic heterocycles. The Labute approximate surface area is 106 Å². The summed E-state index contributed by atoms with van der Waals surface area (Å²) in [6, 6.07) is -2.17. The lowest BCUT2D eigenvalue weighted by Crippen LogP contribution is -2.50. The van der Waals surface area contributed by atoms with Crippen LogP contribution in [0.25, 0.3) is 0 Å². The molecule has 4 N–H and O–H groups in total. The standard InChI is InChI=1S/C11H20N2O5/c1-4-7(6(2)3)12-11(18)13-8(10(16)17)5-9(14)15/h6-8H,4-5H2,1-3H3,(H,14,15)(H,16,17)(H2,12,13,18)/t7?,8-/m1/s1. The number of hydrogen-bond donors (Lipinski definition) is 4. The average Bonchev–Trinajstić information content (AvgIpc) is 2.23. The second-order valence-corrected chi connectivity index (χ2v) is 4.37. The van der Waals surface area contributed by atoms with Crippen molar-refractivity contribution < 1.29 is 24.6 Å². The summed E-state index contributed by atoms with van der Waals surface area (Å²) in [7, 11) is 0. The van der Waals surface area contributed by atoms with Gasteiger partial charge in [0, 0.05) is 6.04 Å². The molecule has 0 rings (SSSR count). The second-order valence-electron chi connectivity index (χ2n) is 4.37. The molecule has 7 heteroatoms. The zero-order chi connectivity index (χ0) is 14.3. The zero-order valence-electron chi connectivity index (χ0n) is 10.8. The van der Waals surface area contributed by atoms with Crippen LogP contribution < -0.4 is 10.6 Å². The van der Waals surface area contributed by atoms with E-state index in [-0.39, 0.29) is 12.0 Å². The molecule has 2 atom stereocenters. The van der Waals surface area contributed by atoms with Crippen LogP contribution >= 0.6 is 0 Å². The van der Waals surface area contributed by atoms with E-state index in [1.165, 1.54) is 0 Å². The van der Waals surface area contributed by atoms with E-state index in [0.717, 1.165) is 0 Å². The fourth-order valence-electron chi connectivity index (χ4n) is 1.48. The number of hydrogen-bond acceptors (Lipinski definition) is 3. The number of carbonyl (C=O) groups excluding carboxylic acids is 1. The van der Waals surface area contributed by atoms with Gasteiger partial charge >= 0.3 is 18.0 Å². The minimum absolute atomic E-state index is 0.0794. The van der Waals surface area contributed by atoms with E-state index in [1.54, 1.807) is 0 Å². The molecule has 0 saturated heterocycles. The first-order valence-corrected chi connectivity index (χ1v) is 5.79. The first-order chi connectivity index (χ1) is 8.27.